The molecule has 1 atom stereocenters. The molecule has 1 aliphatic rings. The number of anilines is 1. The molecule has 0 saturated carbocycles. The molecule has 20 heavy (non-hydrogen) atoms. The van der Waals surface area contributed by atoms with Crippen LogP contribution in [0.4, 0.5) is 18.9 Å². The summed E-state index contributed by atoms with van der Waals surface area (Å²) < 4.78 is 39.5. The molecule has 1 amide bonds. The highest BCUT2D eigenvalue weighted by molar-refractivity contribution is 5.86. The predicted octanol–water partition coefficient (Wildman–Crippen LogP) is 1.49. The van der Waals surface area contributed by atoms with Crippen LogP contribution >= 0.6 is 0 Å². The molecular weight excluding hydrogens is 271 g/mol. The fourth-order valence-electron chi connectivity index (χ4n) is 2.30. The Morgan fingerprint density at radius 1 is 1.45 bits per heavy atom. The van der Waals surface area contributed by atoms with Gasteiger partial charge in [-0.3, -0.25) is 4.79 Å². The molecule has 3 N–H and O–H groups in total. The summed E-state index contributed by atoms with van der Waals surface area (Å²) in [4.78, 5) is 13.1. The molecule has 1 heterocycles. The van der Waals surface area contributed by atoms with E-state index in [0.29, 0.717) is 18.7 Å². The summed E-state index contributed by atoms with van der Waals surface area (Å²) in [5, 5.41) is 2.63. The standard InChI is InChI=1S/C13H16F3N3O/c1-8-12(20)18-4-5-19(8)11-3-2-9(7-17)6-10(11)13(14,15)16/h2-3,6,8H,4-5,7,17H2,1H3,(H,18,20). The van der Waals surface area contributed by atoms with Gasteiger partial charge < -0.3 is 16.0 Å². The van der Waals surface area contributed by atoms with E-state index in [4.69, 9.17) is 5.73 Å². The van der Waals surface area contributed by atoms with Crippen LogP contribution in [-0.2, 0) is 17.5 Å². The minimum Gasteiger partial charge on any atom is -0.358 e. The molecule has 110 valence electrons. The second kappa shape index (κ2) is 5.32. The van der Waals surface area contributed by atoms with Crippen molar-refractivity contribution in [2.45, 2.75) is 25.7 Å². The van der Waals surface area contributed by atoms with Gasteiger partial charge in [0.1, 0.15) is 6.04 Å². The summed E-state index contributed by atoms with van der Waals surface area (Å²) >= 11 is 0. The van der Waals surface area contributed by atoms with Crippen LogP contribution in [0.3, 0.4) is 0 Å². The number of nitrogens with one attached hydrogen (secondary N) is 1. The molecule has 0 bridgehead atoms. The van der Waals surface area contributed by atoms with Crippen molar-refractivity contribution in [3.05, 3.63) is 29.3 Å². The lowest BCUT2D eigenvalue weighted by Gasteiger charge is -2.36. The Bertz CT molecular complexity index is 516. The highest BCUT2D eigenvalue weighted by Crippen LogP contribution is 2.38. The largest absolute Gasteiger partial charge is 0.418 e. The van der Waals surface area contributed by atoms with E-state index in [1.165, 1.54) is 11.0 Å². The van der Waals surface area contributed by atoms with E-state index in [9.17, 15) is 18.0 Å². The van der Waals surface area contributed by atoms with Crippen LogP contribution in [0, 0.1) is 0 Å². The van der Waals surface area contributed by atoms with Gasteiger partial charge in [-0.25, -0.2) is 0 Å². The van der Waals surface area contributed by atoms with E-state index in [2.05, 4.69) is 5.32 Å². The Balaban J connectivity index is 2.47. The molecule has 0 radical (unpaired) electrons. The third-order valence-electron chi connectivity index (χ3n) is 3.41. The van der Waals surface area contributed by atoms with E-state index < -0.39 is 17.8 Å². The average molecular weight is 287 g/mol. The van der Waals surface area contributed by atoms with Crippen molar-refractivity contribution in [1.29, 1.82) is 0 Å². The molecule has 1 unspecified atom stereocenters. The molecule has 1 fully saturated rings. The van der Waals surface area contributed by atoms with Gasteiger partial charge in [0.2, 0.25) is 5.91 Å². The van der Waals surface area contributed by atoms with Crippen LogP contribution < -0.4 is 16.0 Å². The Morgan fingerprint density at radius 3 is 2.75 bits per heavy atom. The van der Waals surface area contributed by atoms with Crippen LogP contribution in [-0.4, -0.2) is 25.0 Å². The van der Waals surface area contributed by atoms with E-state index >= 15 is 0 Å². The normalized spacial score (nSPS) is 19.9. The number of hydrogen-bond acceptors (Lipinski definition) is 3. The maximum atomic E-state index is 13.2. The lowest BCUT2D eigenvalue weighted by molar-refractivity contribution is -0.137. The van der Waals surface area contributed by atoms with Crippen molar-refractivity contribution >= 4 is 11.6 Å². The second-order valence-corrected chi connectivity index (χ2v) is 4.71. The van der Waals surface area contributed by atoms with E-state index in [1.807, 2.05) is 0 Å². The number of hydrogen-bond donors (Lipinski definition) is 2. The lowest BCUT2D eigenvalue weighted by Crippen LogP contribution is -2.54. The van der Waals surface area contributed by atoms with Crippen LogP contribution in [0.25, 0.3) is 0 Å². The Hall–Kier alpha value is -1.76. The monoisotopic (exact) mass is 287 g/mol. The van der Waals surface area contributed by atoms with E-state index in [-0.39, 0.29) is 18.1 Å². The maximum Gasteiger partial charge on any atom is 0.418 e. The summed E-state index contributed by atoms with van der Waals surface area (Å²) in [6, 6.07) is 3.37. The van der Waals surface area contributed by atoms with Crippen molar-refractivity contribution in [1.82, 2.24) is 5.32 Å². The summed E-state index contributed by atoms with van der Waals surface area (Å²) in [7, 11) is 0. The highest BCUT2D eigenvalue weighted by atomic mass is 19.4. The fraction of sp³-hybridized carbons (Fsp3) is 0.462. The second-order valence-electron chi connectivity index (χ2n) is 4.71. The van der Waals surface area contributed by atoms with Gasteiger partial charge in [-0.1, -0.05) is 6.07 Å². The first-order chi connectivity index (χ1) is 9.34. The first-order valence-electron chi connectivity index (χ1n) is 6.29. The van der Waals surface area contributed by atoms with Gasteiger partial charge in [0.15, 0.2) is 0 Å². The SMILES string of the molecule is CC1C(=O)NCCN1c1ccc(CN)cc1C(F)(F)F. The van der Waals surface area contributed by atoms with Crippen LogP contribution in [0.5, 0.6) is 0 Å². The predicted molar refractivity (Wildman–Crippen MR) is 69.2 cm³/mol. The van der Waals surface area contributed by atoms with Gasteiger partial charge >= 0.3 is 6.18 Å². The number of halogens is 3. The number of carbonyl (C=O) groups is 1. The molecule has 1 saturated heterocycles. The molecule has 0 aliphatic carbocycles. The summed E-state index contributed by atoms with van der Waals surface area (Å²) in [6.45, 7) is 2.31. The molecule has 7 heteroatoms. The Morgan fingerprint density at radius 2 is 2.15 bits per heavy atom. The van der Waals surface area contributed by atoms with E-state index in [0.717, 1.165) is 6.07 Å². The van der Waals surface area contributed by atoms with Gasteiger partial charge in [-0.15, -0.1) is 0 Å². The molecule has 1 aromatic rings. The maximum absolute atomic E-state index is 13.2. The number of benzene rings is 1. The average Bonchev–Trinajstić information content (AvgIpc) is 2.40. The van der Waals surface area contributed by atoms with Gasteiger partial charge in [0.25, 0.3) is 0 Å². The van der Waals surface area contributed by atoms with Crippen LogP contribution in [0.2, 0.25) is 0 Å². The highest BCUT2D eigenvalue weighted by Gasteiger charge is 2.37. The minimum atomic E-state index is -4.48. The zero-order valence-corrected chi connectivity index (χ0v) is 11.0. The quantitative estimate of drug-likeness (QED) is 0.866. The molecule has 0 spiro atoms. The molecule has 1 aliphatic heterocycles. The van der Waals surface area contributed by atoms with Crippen molar-refractivity contribution in [2.75, 3.05) is 18.0 Å². The van der Waals surface area contributed by atoms with Gasteiger partial charge in [-0.05, 0) is 24.6 Å². The zero-order valence-electron chi connectivity index (χ0n) is 11.0. The molecule has 1 aromatic carbocycles. The van der Waals surface area contributed by atoms with Crippen LogP contribution in [0.1, 0.15) is 18.1 Å². The zero-order chi connectivity index (χ0) is 14.9. The van der Waals surface area contributed by atoms with Gasteiger partial charge in [0.05, 0.1) is 5.56 Å². The Kier molecular flexibility index (Phi) is 3.89. The van der Waals surface area contributed by atoms with Gasteiger partial charge in [0, 0.05) is 25.3 Å². The smallest absolute Gasteiger partial charge is 0.358 e. The van der Waals surface area contributed by atoms with Gasteiger partial charge in [-0.2, -0.15) is 13.2 Å². The molecule has 0 aromatic heterocycles. The lowest BCUT2D eigenvalue weighted by atomic mass is 10.0. The Labute approximate surface area is 114 Å². The van der Waals surface area contributed by atoms with Crippen LogP contribution in [0.15, 0.2) is 18.2 Å². The summed E-state index contributed by atoms with van der Waals surface area (Å²) in [5.41, 5.74) is 5.08. The topological polar surface area (TPSA) is 58.4 Å². The molecule has 2 rings (SSSR count). The fourth-order valence-corrected chi connectivity index (χ4v) is 2.30. The minimum absolute atomic E-state index is 0.0250. The van der Waals surface area contributed by atoms with Crippen molar-refractivity contribution in [3.8, 4) is 0 Å². The number of nitrogens with zero attached hydrogens (tertiary/aromatic N) is 1. The van der Waals surface area contributed by atoms with Crippen molar-refractivity contribution < 1.29 is 18.0 Å². The van der Waals surface area contributed by atoms with E-state index in [1.54, 1.807) is 13.0 Å². The van der Waals surface area contributed by atoms with Crippen molar-refractivity contribution in [3.63, 3.8) is 0 Å². The number of alkyl halides is 3. The number of rotatable bonds is 2. The number of amides is 1. The third kappa shape index (κ3) is 2.72. The number of nitrogens with two attached hydrogens (primary N) is 1. The van der Waals surface area contributed by atoms with Crippen molar-refractivity contribution in [2.24, 2.45) is 5.73 Å². The first-order valence-corrected chi connectivity index (χ1v) is 6.29. The number of carbonyl (C=O) groups excluding carboxylic acids is 1. The molecule has 4 nitrogen and oxygen atoms in total. The number of piperazine rings is 1. The first kappa shape index (κ1) is 14.6. The summed E-state index contributed by atoms with van der Waals surface area (Å²) in [5.74, 6) is -0.271. The molecular formula is C13H16F3N3O. The third-order valence-corrected chi connectivity index (χ3v) is 3.41. The summed E-state index contributed by atoms with van der Waals surface area (Å²) in [6.07, 6.45) is -4.48.